The van der Waals surface area contributed by atoms with Crippen molar-refractivity contribution in [1.29, 1.82) is 0 Å². The lowest BCUT2D eigenvalue weighted by Gasteiger charge is -2.52. The molecule has 1 aromatic heterocycles. The van der Waals surface area contributed by atoms with E-state index in [0.29, 0.717) is 29.1 Å². The van der Waals surface area contributed by atoms with Crippen molar-refractivity contribution >= 4 is 40.8 Å². The molecular weight excluding hydrogens is 401 g/mol. The maximum atomic E-state index is 10.9. The summed E-state index contributed by atoms with van der Waals surface area (Å²) < 4.78 is 0. The van der Waals surface area contributed by atoms with Crippen LogP contribution in [0.1, 0.15) is 37.8 Å². The smallest absolute Gasteiger partial charge is 0.147 e. The zero-order valence-corrected chi connectivity index (χ0v) is 17.6. The number of aliphatic hydroxyl groups is 1. The molecule has 0 atom stereocenters. The van der Waals surface area contributed by atoms with Gasteiger partial charge in [0.2, 0.25) is 0 Å². The van der Waals surface area contributed by atoms with Crippen LogP contribution in [0.4, 0.5) is 5.82 Å². The molecule has 1 saturated carbocycles. The largest absolute Gasteiger partial charge is 0.386 e. The van der Waals surface area contributed by atoms with E-state index >= 15 is 0 Å². The summed E-state index contributed by atoms with van der Waals surface area (Å²) in [6.45, 7) is 3.25. The highest BCUT2D eigenvalue weighted by Gasteiger charge is 2.47. The number of anilines is 1. The van der Waals surface area contributed by atoms with E-state index in [0.717, 1.165) is 34.3 Å². The van der Waals surface area contributed by atoms with Gasteiger partial charge in [-0.1, -0.05) is 60.3 Å². The van der Waals surface area contributed by atoms with E-state index in [4.69, 9.17) is 28.2 Å². The van der Waals surface area contributed by atoms with Crippen molar-refractivity contribution in [1.82, 2.24) is 9.97 Å². The lowest BCUT2D eigenvalue weighted by Crippen LogP contribution is -2.66. The minimum atomic E-state index is -0.558. The monoisotopic (exact) mass is 423 g/mol. The van der Waals surface area contributed by atoms with E-state index in [2.05, 4.69) is 9.88 Å². The lowest BCUT2D eigenvalue weighted by atomic mass is 9.73. The van der Waals surface area contributed by atoms with Crippen LogP contribution in [0.3, 0.4) is 0 Å². The molecule has 2 fully saturated rings. The van der Waals surface area contributed by atoms with Crippen LogP contribution in [-0.2, 0) is 0 Å². The van der Waals surface area contributed by atoms with Crippen LogP contribution in [0, 0.1) is 12.8 Å². The van der Waals surface area contributed by atoms with Gasteiger partial charge >= 0.3 is 0 Å². The zero-order chi connectivity index (χ0) is 19.0. The number of hydrogen-bond donors (Lipinski definition) is 1. The Morgan fingerprint density at radius 1 is 1.19 bits per heavy atom. The summed E-state index contributed by atoms with van der Waals surface area (Å²) in [6.07, 6.45) is 7.86. The Balaban J connectivity index is 1.44. The molecule has 4 nitrogen and oxygen atoms in total. The van der Waals surface area contributed by atoms with Crippen molar-refractivity contribution < 1.29 is 5.11 Å². The van der Waals surface area contributed by atoms with E-state index in [9.17, 15) is 5.11 Å². The van der Waals surface area contributed by atoms with Crippen molar-refractivity contribution in [2.75, 3.05) is 18.0 Å². The first-order valence-electron chi connectivity index (χ1n) is 9.39. The molecule has 0 amide bonds. The number of halogens is 2. The minimum Gasteiger partial charge on any atom is -0.386 e. The summed E-state index contributed by atoms with van der Waals surface area (Å²) in [5.74, 6) is 1.26. The normalized spacial score (nSPS) is 19.8. The van der Waals surface area contributed by atoms with E-state index in [1.165, 1.54) is 31.0 Å². The standard InChI is InChI=1S/C20H23Cl2N3OS/c1-13-19(27-16-9-5-8-15(21)18(16)22)23-10-17(24-13)25-11-20(26,12-25)14-6-3-2-4-7-14/h5,8-10,14,26H,2-4,6-7,11-12H2,1H3. The third-order valence-electron chi connectivity index (χ3n) is 5.63. The van der Waals surface area contributed by atoms with Gasteiger partial charge in [-0.25, -0.2) is 9.97 Å². The number of benzene rings is 1. The van der Waals surface area contributed by atoms with Gasteiger partial charge in [0.05, 0.1) is 35.0 Å². The predicted molar refractivity (Wildman–Crippen MR) is 111 cm³/mol. The van der Waals surface area contributed by atoms with Gasteiger partial charge < -0.3 is 10.0 Å². The maximum absolute atomic E-state index is 10.9. The predicted octanol–water partition coefficient (Wildman–Crippen LogP) is 5.37. The first-order chi connectivity index (χ1) is 13.0. The molecule has 2 heterocycles. The van der Waals surface area contributed by atoms with Crippen LogP contribution in [0.5, 0.6) is 0 Å². The molecule has 144 valence electrons. The number of rotatable bonds is 4. The molecule has 1 N–H and O–H groups in total. The summed E-state index contributed by atoms with van der Waals surface area (Å²) in [5, 5.41) is 12.8. The third kappa shape index (κ3) is 3.93. The van der Waals surface area contributed by atoms with Gasteiger partial charge in [-0.15, -0.1) is 0 Å². The molecular formula is C20H23Cl2N3OS. The first kappa shape index (κ1) is 19.3. The van der Waals surface area contributed by atoms with Crippen molar-refractivity contribution in [3.8, 4) is 0 Å². The number of hydrogen-bond acceptors (Lipinski definition) is 5. The number of aromatic nitrogens is 2. The van der Waals surface area contributed by atoms with Gasteiger partial charge in [0.15, 0.2) is 0 Å². The van der Waals surface area contributed by atoms with Crippen molar-refractivity contribution in [2.24, 2.45) is 5.92 Å². The van der Waals surface area contributed by atoms with E-state index < -0.39 is 5.60 Å². The topological polar surface area (TPSA) is 49.2 Å². The minimum absolute atomic E-state index is 0.427. The van der Waals surface area contributed by atoms with E-state index in [-0.39, 0.29) is 0 Å². The van der Waals surface area contributed by atoms with E-state index in [1.807, 2.05) is 19.1 Å². The highest BCUT2D eigenvalue weighted by Crippen LogP contribution is 2.41. The Morgan fingerprint density at radius 3 is 2.63 bits per heavy atom. The molecule has 2 aromatic rings. The Kier molecular flexibility index (Phi) is 5.57. The molecule has 4 rings (SSSR count). The Morgan fingerprint density at radius 2 is 1.93 bits per heavy atom. The molecule has 0 unspecified atom stereocenters. The molecule has 7 heteroatoms. The molecule has 1 saturated heterocycles. The van der Waals surface area contributed by atoms with Crippen molar-refractivity contribution in [2.45, 2.75) is 54.6 Å². The fourth-order valence-corrected chi connectivity index (χ4v) is 5.38. The fourth-order valence-electron chi connectivity index (χ4n) is 4.05. The van der Waals surface area contributed by atoms with Crippen LogP contribution < -0.4 is 4.90 Å². The van der Waals surface area contributed by atoms with Gasteiger partial charge in [-0.05, 0) is 37.8 Å². The molecule has 27 heavy (non-hydrogen) atoms. The molecule has 1 aromatic carbocycles. The number of nitrogens with zero attached hydrogens (tertiary/aromatic N) is 3. The quantitative estimate of drug-likeness (QED) is 0.715. The molecule has 0 spiro atoms. The van der Waals surface area contributed by atoms with Crippen LogP contribution >= 0.6 is 35.0 Å². The Labute approximate surface area is 174 Å². The van der Waals surface area contributed by atoms with Crippen molar-refractivity contribution in [3.05, 3.63) is 40.1 Å². The fraction of sp³-hybridized carbons (Fsp3) is 0.500. The van der Waals surface area contributed by atoms with Crippen LogP contribution in [0.25, 0.3) is 0 Å². The van der Waals surface area contributed by atoms with E-state index in [1.54, 1.807) is 12.3 Å². The van der Waals surface area contributed by atoms with Gasteiger partial charge in [0, 0.05) is 4.90 Å². The summed E-state index contributed by atoms with van der Waals surface area (Å²) in [6, 6.07) is 5.57. The summed E-state index contributed by atoms with van der Waals surface area (Å²) in [5.41, 5.74) is 0.291. The van der Waals surface area contributed by atoms with Crippen molar-refractivity contribution in [3.63, 3.8) is 0 Å². The van der Waals surface area contributed by atoms with Gasteiger partial charge in [0.1, 0.15) is 16.4 Å². The van der Waals surface area contributed by atoms with Crippen LogP contribution in [0.2, 0.25) is 10.0 Å². The molecule has 1 aliphatic carbocycles. The Hall–Kier alpha value is -1.01. The number of β-amino-alcohol motifs (C(OH)–C–C–N with tert-alkyl or cyclic N) is 1. The molecule has 0 bridgehead atoms. The average Bonchev–Trinajstić information content (AvgIpc) is 2.65. The van der Waals surface area contributed by atoms with Gasteiger partial charge in [-0.2, -0.15) is 0 Å². The molecule has 0 radical (unpaired) electrons. The highest BCUT2D eigenvalue weighted by molar-refractivity contribution is 7.99. The van der Waals surface area contributed by atoms with Gasteiger partial charge in [0.25, 0.3) is 0 Å². The zero-order valence-electron chi connectivity index (χ0n) is 15.3. The lowest BCUT2D eigenvalue weighted by molar-refractivity contribution is -0.0555. The molecule has 1 aliphatic heterocycles. The second-order valence-corrected chi connectivity index (χ2v) is 9.38. The summed E-state index contributed by atoms with van der Waals surface area (Å²) in [7, 11) is 0. The maximum Gasteiger partial charge on any atom is 0.147 e. The Bertz CT molecular complexity index is 836. The third-order valence-corrected chi connectivity index (χ3v) is 7.72. The highest BCUT2D eigenvalue weighted by atomic mass is 35.5. The SMILES string of the molecule is Cc1nc(N2CC(O)(C3CCCCC3)C2)cnc1Sc1cccc(Cl)c1Cl. The second kappa shape index (κ2) is 7.78. The first-order valence-corrected chi connectivity index (χ1v) is 11.0. The average molecular weight is 424 g/mol. The van der Waals surface area contributed by atoms with Crippen LogP contribution in [-0.4, -0.2) is 33.8 Å². The summed E-state index contributed by atoms with van der Waals surface area (Å²) in [4.78, 5) is 12.3. The number of aryl methyl sites for hydroxylation is 1. The summed E-state index contributed by atoms with van der Waals surface area (Å²) >= 11 is 13.8. The molecule has 2 aliphatic rings. The second-order valence-electron chi connectivity index (χ2n) is 7.57. The van der Waals surface area contributed by atoms with Gasteiger partial charge in [-0.3, -0.25) is 0 Å². The van der Waals surface area contributed by atoms with Crippen LogP contribution in [0.15, 0.2) is 34.3 Å².